The van der Waals surface area contributed by atoms with Crippen LogP contribution in [0.1, 0.15) is 24.3 Å². The van der Waals surface area contributed by atoms with Crippen LogP contribution in [0.2, 0.25) is 0 Å². The topological polar surface area (TPSA) is 17.1 Å². The average molecular weight is 232 g/mol. The monoisotopic (exact) mass is 232 g/mol. The van der Waals surface area contributed by atoms with Gasteiger partial charge in [-0.15, -0.1) is 18.3 Å². The van der Waals surface area contributed by atoms with Crippen molar-refractivity contribution in [2.75, 3.05) is 5.75 Å². The standard InChI is InChI=1S/C14H16OS/c1-2-12(11-7-4-3-5-8-11)14-13(15)9-6-10-16-14/h2-5,7-8,12,14H,1,6,9-10H2. The third-order valence-electron chi connectivity index (χ3n) is 2.95. The van der Waals surface area contributed by atoms with Gasteiger partial charge in [0, 0.05) is 12.3 Å². The lowest BCUT2D eigenvalue weighted by molar-refractivity contribution is -0.119. The largest absolute Gasteiger partial charge is 0.298 e. The number of rotatable bonds is 3. The molecule has 2 atom stereocenters. The first kappa shape index (κ1) is 11.5. The van der Waals surface area contributed by atoms with Crippen molar-refractivity contribution in [3.8, 4) is 0 Å². The molecule has 0 saturated carbocycles. The molecule has 0 radical (unpaired) electrons. The summed E-state index contributed by atoms with van der Waals surface area (Å²) in [6.07, 6.45) is 3.67. The van der Waals surface area contributed by atoms with E-state index in [1.165, 1.54) is 5.56 Å². The van der Waals surface area contributed by atoms with Gasteiger partial charge in [0.1, 0.15) is 5.78 Å². The van der Waals surface area contributed by atoms with Gasteiger partial charge in [-0.1, -0.05) is 36.4 Å². The summed E-state index contributed by atoms with van der Waals surface area (Å²) in [7, 11) is 0. The van der Waals surface area contributed by atoms with E-state index in [9.17, 15) is 4.79 Å². The summed E-state index contributed by atoms with van der Waals surface area (Å²) in [4.78, 5) is 11.9. The zero-order valence-electron chi connectivity index (χ0n) is 9.26. The Hall–Kier alpha value is -1.02. The second-order valence-electron chi connectivity index (χ2n) is 4.03. The number of benzene rings is 1. The lowest BCUT2D eigenvalue weighted by Crippen LogP contribution is -2.27. The molecule has 0 aliphatic carbocycles. The minimum atomic E-state index is 0.0775. The molecular formula is C14H16OS. The Bertz CT molecular complexity index is 372. The Morgan fingerprint density at radius 3 is 2.75 bits per heavy atom. The number of carbonyl (C=O) groups is 1. The van der Waals surface area contributed by atoms with Gasteiger partial charge in [-0.3, -0.25) is 4.79 Å². The molecule has 16 heavy (non-hydrogen) atoms. The molecule has 1 aliphatic heterocycles. The van der Waals surface area contributed by atoms with Gasteiger partial charge in [-0.2, -0.15) is 0 Å². The number of hydrogen-bond acceptors (Lipinski definition) is 2. The van der Waals surface area contributed by atoms with E-state index in [0.29, 0.717) is 5.78 Å². The van der Waals surface area contributed by atoms with Crippen LogP contribution in [0, 0.1) is 0 Å². The molecule has 1 aromatic rings. The maximum absolute atomic E-state index is 11.9. The van der Waals surface area contributed by atoms with Gasteiger partial charge in [0.25, 0.3) is 0 Å². The molecule has 0 aromatic heterocycles. The maximum atomic E-state index is 11.9. The first-order valence-electron chi connectivity index (χ1n) is 5.65. The van der Waals surface area contributed by atoms with Crippen LogP contribution in [0.5, 0.6) is 0 Å². The van der Waals surface area contributed by atoms with E-state index in [-0.39, 0.29) is 11.2 Å². The van der Waals surface area contributed by atoms with Crippen molar-refractivity contribution < 1.29 is 4.79 Å². The van der Waals surface area contributed by atoms with Crippen LogP contribution in [0.3, 0.4) is 0 Å². The number of allylic oxidation sites excluding steroid dienone is 1. The van der Waals surface area contributed by atoms with E-state index in [1.54, 1.807) is 11.8 Å². The lowest BCUT2D eigenvalue weighted by Gasteiger charge is -2.26. The molecule has 2 rings (SSSR count). The quantitative estimate of drug-likeness (QED) is 0.743. The zero-order chi connectivity index (χ0) is 11.4. The van der Waals surface area contributed by atoms with E-state index in [0.717, 1.165) is 18.6 Å². The molecule has 0 N–H and O–H groups in total. The first-order valence-corrected chi connectivity index (χ1v) is 6.69. The maximum Gasteiger partial charge on any atom is 0.146 e. The van der Waals surface area contributed by atoms with Crippen LogP contribution in [0.15, 0.2) is 43.0 Å². The van der Waals surface area contributed by atoms with E-state index in [2.05, 4.69) is 18.7 Å². The van der Waals surface area contributed by atoms with Crippen molar-refractivity contribution in [1.29, 1.82) is 0 Å². The summed E-state index contributed by atoms with van der Waals surface area (Å²) in [5, 5.41) is 0.0775. The molecule has 2 heteroatoms. The van der Waals surface area contributed by atoms with Gasteiger partial charge in [0.2, 0.25) is 0 Å². The highest BCUT2D eigenvalue weighted by Crippen LogP contribution is 2.34. The molecule has 0 spiro atoms. The van der Waals surface area contributed by atoms with E-state index >= 15 is 0 Å². The van der Waals surface area contributed by atoms with E-state index < -0.39 is 0 Å². The summed E-state index contributed by atoms with van der Waals surface area (Å²) in [6, 6.07) is 10.2. The molecule has 1 saturated heterocycles. The van der Waals surface area contributed by atoms with Crippen LogP contribution >= 0.6 is 11.8 Å². The van der Waals surface area contributed by atoms with Crippen LogP contribution in [-0.4, -0.2) is 16.8 Å². The minimum absolute atomic E-state index is 0.0775. The third-order valence-corrected chi connectivity index (χ3v) is 4.39. The van der Waals surface area contributed by atoms with E-state index in [4.69, 9.17) is 0 Å². The normalized spacial score (nSPS) is 22.8. The summed E-state index contributed by atoms with van der Waals surface area (Å²) in [5.41, 5.74) is 1.20. The van der Waals surface area contributed by atoms with Gasteiger partial charge in [0.05, 0.1) is 5.25 Å². The Balaban J connectivity index is 2.22. The number of carbonyl (C=O) groups excluding carboxylic acids is 1. The second kappa shape index (κ2) is 5.35. The highest BCUT2D eigenvalue weighted by atomic mass is 32.2. The van der Waals surface area contributed by atoms with E-state index in [1.807, 2.05) is 24.3 Å². The van der Waals surface area contributed by atoms with Crippen molar-refractivity contribution in [3.05, 3.63) is 48.6 Å². The molecule has 1 nitrogen and oxygen atoms in total. The Labute approximate surface area is 101 Å². The fourth-order valence-corrected chi connectivity index (χ4v) is 3.45. The Morgan fingerprint density at radius 1 is 1.38 bits per heavy atom. The number of ketones is 1. The highest BCUT2D eigenvalue weighted by Gasteiger charge is 2.29. The molecule has 0 bridgehead atoms. The molecule has 1 aromatic carbocycles. The lowest BCUT2D eigenvalue weighted by atomic mass is 9.92. The fourth-order valence-electron chi connectivity index (χ4n) is 2.11. The molecule has 2 unspecified atom stereocenters. The average Bonchev–Trinajstić information content (AvgIpc) is 2.34. The number of thioether (sulfide) groups is 1. The molecule has 1 heterocycles. The Kier molecular flexibility index (Phi) is 3.83. The molecule has 84 valence electrons. The van der Waals surface area contributed by atoms with Gasteiger partial charge >= 0.3 is 0 Å². The van der Waals surface area contributed by atoms with Crippen molar-refractivity contribution in [2.24, 2.45) is 0 Å². The van der Waals surface area contributed by atoms with Gasteiger partial charge in [-0.25, -0.2) is 0 Å². The van der Waals surface area contributed by atoms with Crippen LogP contribution in [0.4, 0.5) is 0 Å². The van der Waals surface area contributed by atoms with Gasteiger partial charge < -0.3 is 0 Å². The third kappa shape index (κ3) is 2.38. The summed E-state index contributed by atoms with van der Waals surface area (Å²) in [6.45, 7) is 3.88. The SMILES string of the molecule is C=CC(c1ccccc1)C1SCCCC1=O. The fraction of sp³-hybridized carbons (Fsp3) is 0.357. The second-order valence-corrected chi connectivity index (χ2v) is 5.28. The smallest absolute Gasteiger partial charge is 0.146 e. The molecule has 1 fully saturated rings. The van der Waals surface area contributed by atoms with Crippen LogP contribution < -0.4 is 0 Å². The molecule has 0 amide bonds. The minimum Gasteiger partial charge on any atom is -0.298 e. The number of Topliss-reactive ketones (excluding diaryl/α,β-unsaturated/α-hetero) is 1. The Morgan fingerprint density at radius 2 is 2.12 bits per heavy atom. The van der Waals surface area contributed by atoms with Crippen molar-refractivity contribution in [2.45, 2.75) is 24.0 Å². The van der Waals surface area contributed by atoms with Crippen molar-refractivity contribution in [3.63, 3.8) is 0 Å². The zero-order valence-corrected chi connectivity index (χ0v) is 10.1. The van der Waals surface area contributed by atoms with Crippen LogP contribution in [-0.2, 0) is 4.79 Å². The summed E-state index contributed by atoms with van der Waals surface area (Å²) in [5.74, 6) is 1.64. The summed E-state index contributed by atoms with van der Waals surface area (Å²) < 4.78 is 0. The molecule has 1 aliphatic rings. The molecular weight excluding hydrogens is 216 g/mol. The summed E-state index contributed by atoms with van der Waals surface area (Å²) >= 11 is 1.78. The van der Waals surface area contributed by atoms with Crippen LogP contribution in [0.25, 0.3) is 0 Å². The predicted octanol–water partition coefficient (Wildman–Crippen LogP) is 3.42. The van der Waals surface area contributed by atoms with Crippen molar-refractivity contribution in [1.82, 2.24) is 0 Å². The van der Waals surface area contributed by atoms with Gasteiger partial charge in [0.15, 0.2) is 0 Å². The highest BCUT2D eigenvalue weighted by molar-refractivity contribution is 8.00. The van der Waals surface area contributed by atoms with Gasteiger partial charge in [-0.05, 0) is 17.7 Å². The first-order chi connectivity index (χ1) is 7.83. The predicted molar refractivity (Wildman–Crippen MR) is 69.9 cm³/mol. The number of hydrogen-bond donors (Lipinski definition) is 0. The van der Waals surface area contributed by atoms with Crippen molar-refractivity contribution >= 4 is 17.5 Å².